The van der Waals surface area contributed by atoms with Gasteiger partial charge in [0.15, 0.2) is 13.2 Å². The largest absolute Gasteiger partial charge is 0.482 e. The smallest absolute Gasteiger partial charge is 0.344 e. The zero-order chi connectivity index (χ0) is 20.8. The monoisotopic (exact) mass is 412 g/mol. The highest BCUT2D eigenvalue weighted by Gasteiger charge is 2.21. The van der Waals surface area contributed by atoms with Gasteiger partial charge < -0.3 is 14.8 Å². The van der Waals surface area contributed by atoms with Crippen molar-refractivity contribution >= 4 is 28.2 Å². The quantitative estimate of drug-likeness (QED) is 0.571. The van der Waals surface area contributed by atoms with E-state index >= 15 is 0 Å². The molecule has 0 saturated carbocycles. The van der Waals surface area contributed by atoms with E-state index in [1.165, 1.54) is 16.2 Å². The second kappa shape index (κ2) is 9.57. The molecular formula is C22H24N2O4S. The Kier molecular flexibility index (Phi) is 6.89. The number of hydrogen-bond acceptors (Lipinski definition) is 6. The summed E-state index contributed by atoms with van der Waals surface area (Å²) in [6, 6.07) is 7.94. The average molecular weight is 413 g/mol. The normalized spacial score (nSPS) is 13.0. The molecule has 1 amide bonds. The van der Waals surface area contributed by atoms with Crippen molar-refractivity contribution in [2.24, 2.45) is 0 Å². The lowest BCUT2D eigenvalue weighted by Crippen LogP contribution is -2.23. The highest BCUT2D eigenvalue weighted by atomic mass is 32.1. The summed E-state index contributed by atoms with van der Waals surface area (Å²) >= 11 is 1.45. The predicted molar refractivity (Wildman–Crippen MR) is 111 cm³/mol. The van der Waals surface area contributed by atoms with E-state index in [0.717, 1.165) is 48.8 Å². The molecule has 2 aromatic rings. The summed E-state index contributed by atoms with van der Waals surface area (Å²) in [6.07, 6.45) is 5.13. The zero-order valence-electron chi connectivity index (χ0n) is 16.7. The Balaban J connectivity index is 1.52. The molecule has 7 heteroatoms. The van der Waals surface area contributed by atoms with Crippen LogP contribution in [0.1, 0.15) is 46.4 Å². The van der Waals surface area contributed by atoms with E-state index in [0.29, 0.717) is 16.3 Å². The summed E-state index contributed by atoms with van der Waals surface area (Å²) in [5.74, 6) is -0.466. The molecule has 0 atom stereocenters. The van der Waals surface area contributed by atoms with E-state index in [-0.39, 0.29) is 6.61 Å². The van der Waals surface area contributed by atoms with Gasteiger partial charge in [0, 0.05) is 4.88 Å². The number of nitrogens with zero attached hydrogens (tertiary/aromatic N) is 1. The van der Waals surface area contributed by atoms with Crippen LogP contribution in [0.3, 0.4) is 0 Å². The summed E-state index contributed by atoms with van der Waals surface area (Å²) < 4.78 is 10.5. The van der Waals surface area contributed by atoms with Gasteiger partial charge in [0.1, 0.15) is 16.8 Å². The first-order chi connectivity index (χ1) is 14.0. The number of carbonyl (C=O) groups is 2. The van der Waals surface area contributed by atoms with Crippen LogP contribution in [-0.2, 0) is 27.2 Å². The lowest BCUT2D eigenvalue weighted by molar-refractivity contribution is -0.149. The van der Waals surface area contributed by atoms with Crippen molar-refractivity contribution in [2.75, 3.05) is 18.5 Å². The van der Waals surface area contributed by atoms with Crippen LogP contribution < -0.4 is 10.1 Å². The Labute approximate surface area is 174 Å². The van der Waals surface area contributed by atoms with Crippen molar-refractivity contribution in [1.82, 2.24) is 0 Å². The van der Waals surface area contributed by atoms with Crippen LogP contribution in [0.25, 0.3) is 0 Å². The minimum Gasteiger partial charge on any atom is -0.482 e. The van der Waals surface area contributed by atoms with Crippen LogP contribution in [0.15, 0.2) is 18.2 Å². The standard InChI is InChI=1S/C22H24N2O4S/c1-14-8-9-15(2)18(10-14)27-13-21(26)28-12-20(25)24-22-17(11-23)16-6-4-3-5-7-19(16)29-22/h8-10H,3-7,12-13H2,1-2H3,(H,24,25). The number of amides is 1. The van der Waals surface area contributed by atoms with Gasteiger partial charge in [-0.2, -0.15) is 5.26 Å². The first-order valence-electron chi connectivity index (χ1n) is 9.68. The van der Waals surface area contributed by atoms with E-state index in [4.69, 9.17) is 9.47 Å². The molecule has 0 radical (unpaired) electrons. The lowest BCUT2D eigenvalue weighted by atomic mass is 10.1. The number of hydrogen-bond donors (Lipinski definition) is 1. The number of anilines is 1. The molecular weight excluding hydrogens is 388 g/mol. The zero-order valence-corrected chi connectivity index (χ0v) is 17.5. The van der Waals surface area contributed by atoms with Crippen LogP contribution in [-0.4, -0.2) is 25.1 Å². The Morgan fingerprint density at radius 3 is 2.76 bits per heavy atom. The van der Waals surface area contributed by atoms with Gasteiger partial charge in [-0.05, 0) is 62.3 Å². The van der Waals surface area contributed by atoms with Gasteiger partial charge in [-0.25, -0.2) is 4.79 Å². The second-order valence-corrected chi connectivity index (χ2v) is 8.25. The van der Waals surface area contributed by atoms with Gasteiger partial charge in [0.05, 0.1) is 5.56 Å². The molecule has 0 saturated heterocycles. The van der Waals surface area contributed by atoms with Gasteiger partial charge >= 0.3 is 5.97 Å². The molecule has 1 aromatic carbocycles. The number of thiophene rings is 1. The molecule has 0 spiro atoms. The molecule has 1 N–H and O–H groups in total. The minimum absolute atomic E-state index is 0.270. The molecule has 0 unspecified atom stereocenters. The predicted octanol–water partition coefficient (Wildman–Crippen LogP) is 4.07. The van der Waals surface area contributed by atoms with Gasteiger partial charge in [0.25, 0.3) is 5.91 Å². The maximum atomic E-state index is 12.2. The molecule has 0 aliphatic heterocycles. The van der Waals surface area contributed by atoms with E-state index in [1.54, 1.807) is 0 Å². The maximum absolute atomic E-state index is 12.2. The summed E-state index contributed by atoms with van der Waals surface area (Å²) in [5.41, 5.74) is 3.55. The van der Waals surface area contributed by atoms with E-state index in [2.05, 4.69) is 11.4 Å². The van der Waals surface area contributed by atoms with Crippen molar-refractivity contribution in [2.45, 2.75) is 46.0 Å². The van der Waals surface area contributed by atoms with Crippen LogP contribution in [0.5, 0.6) is 5.75 Å². The molecule has 152 valence electrons. The maximum Gasteiger partial charge on any atom is 0.344 e. The minimum atomic E-state index is -0.622. The summed E-state index contributed by atoms with van der Waals surface area (Å²) in [4.78, 5) is 25.3. The molecule has 0 fully saturated rings. The molecule has 0 bridgehead atoms. The first-order valence-corrected chi connectivity index (χ1v) is 10.5. The highest BCUT2D eigenvalue weighted by Crippen LogP contribution is 2.36. The number of rotatable bonds is 6. The summed E-state index contributed by atoms with van der Waals surface area (Å²) in [7, 11) is 0. The fourth-order valence-corrected chi connectivity index (χ4v) is 4.55. The number of esters is 1. The topological polar surface area (TPSA) is 88.4 Å². The van der Waals surface area contributed by atoms with E-state index < -0.39 is 18.5 Å². The number of ether oxygens (including phenoxy) is 2. The van der Waals surface area contributed by atoms with Gasteiger partial charge in [-0.15, -0.1) is 11.3 Å². The Morgan fingerprint density at radius 1 is 1.17 bits per heavy atom. The van der Waals surface area contributed by atoms with Crippen LogP contribution in [0.4, 0.5) is 5.00 Å². The van der Waals surface area contributed by atoms with E-state index in [9.17, 15) is 14.9 Å². The van der Waals surface area contributed by atoms with Crippen LogP contribution in [0, 0.1) is 25.2 Å². The fraction of sp³-hybridized carbons (Fsp3) is 0.409. The fourth-order valence-electron chi connectivity index (χ4n) is 3.30. The molecule has 1 heterocycles. The highest BCUT2D eigenvalue weighted by molar-refractivity contribution is 7.16. The van der Waals surface area contributed by atoms with Crippen molar-refractivity contribution < 1.29 is 19.1 Å². The molecule has 29 heavy (non-hydrogen) atoms. The number of nitriles is 1. The molecule has 1 aliphatic carbocycles. The molecule has 1 aliphatic rings. The van der Waals surface area contributed by atoms with Crippen molar-refractivity contribution in [3.63, 3.8) is 0 Å². The van der Waals surface area contributed by atoms with Crippen molar-refractivity contribution in [1.29, 1.82) is 5.26 Å². The average Bonchev–Trinajstić information content (AvgIpc) is 2.85. The van der Waals surface area contributed by atoms with E-state index in [1.807, 2.05) is 32.0 Å². The van der Waals surface area contributed by atoms with Crippen LogP contribution >= 0.6 is 11.3 Å². The summed E-state index contributed by atoms with van der Waals surface area (Å²) in [5, 5.41) is 12.8. The summed E-state index contributed by atoms with van der Waals surface area (Å²) in [6.45, 7) is 3.15. The molecule has 1 aromatic heterocycles. The number of carbonyl (C=O) groups excluding carboxylic acids is 2. The van der Waals surface area contributed by atoms with Crippen molar-refractivity contribution in [3.8, 4) is 11.8 Å². The lowest BCUT2D eigenvalue weighted by Gasteiger charge is -2.10. The van der Waals surface area contributed by atoms with Crippen LogP contribution in [0.2, 0.25) is 0 Å². The number of fused-ring (bicyclic) bond motifs is 1. The number of nitrogens with one attached hydrogen (secondary N) is 1. The Morgan fingerprint density at radius 2 is 1.97 bits per heavy atom. The van der Waals surface area contributed by atoms with Gasteiger partial charge in [-0.3, -0.25) is 4.79 Å². The van der Waals surface area contributed by atoms with Gasteiger partial charge in [-0.1, -0.05) is 18.6 Å². The third-order valence-corrected chi connectivity index (χ3v) is 6.05. The first kappa shape index (κ1) is 20.9. The van der Waals surface area contributed by atoms with Crippen molar-refractivity contribution in [3.05, 3.63) is 45.3 Å². The Bertz CT molecular complexity index is 958. The molecule has 6 nitrogen and oxygen atoms in total. The number of aryl methyl sites for hydroxylation is 3. The van der Waals surface area contributed by atoms with Gasteiger partial charge in [0.2, 0.25) is 0 Å². The third-order valence-electron chi connectivity index (χ3n) is 4.84. The second-order valence-electron chi connectivity index (χ2n) is 7.15. The SMILES string of the molecule is Cc1ccc(C)c(OCC(=O)OCC(=O)Nc2sc3c(c2C#N)CCCCC3)c1. The number of benzene rings is 1. The Hall–Kier alpha value is -2.85. The molecule has 3 rings (SSSR count). The third kappa shape index (κ3) is 5.36.